The average Bonchev–Trinajstić information content (AvgIpc) is 3.14. The van der Waals surface area contributed by atoms with Crippen molar-refractivity contribution in [1.29, 1.82) is 0 Å². The van der Waals surface area contributed by atoms with E-state index in [-0.39, 0.29) is 17.2 Å². The molecule has 0 aliphatic rings. The van der Waals surface area contributed by atoms with E-state index in [1.165, 1.54) is 19.3 Å². The minimum absolute atomic E-state index is 0.0892. The zero-order chi connectivity index (χ0) is 21.9. The molecule has 3 rings (SSSR count). The average molecular weight is 435 g/mol. The number of carbonyl (C=O) groups is 1. The van der Waals surface area contributed by atoms with Crippen LogP contribution in [-0.4, -0.2) is 40.1 Å². The summed E-state index contributed by atoms with van der Waals surface area (Å²) in [5.74, 6) is -2.46. The van der Waals surface area contributed by atoms with Crippen LogP contribution in [0.4, 0.5) is 14.6 Å². The van der Waals surface area contributed by atoms with Gasteiger partial charge in [0, 0.05) is 24.2 Å². The lowest BCUT2D eigenvalue weighted by Crippen LogP contribution is -2.12. The van der Waals surface area contributed by atoms with Crippen LogP contribution in [0.2, 0.25) is 0 Å². The minimum atomic E-state index is -3.52. The number of pyridine rings is 1. The Morgan fingerprint density at radius 2 is 1.97 bits per heavy atom. The molecule has 0 saturated heterocycles. The highest BCUT2D eigenvalue weighted by molar-refractivity contribution is 7.90. The van der Waals surface area contributed by atoms with Gasteiger partial charge < -0.3 is 5.32 Å². The Kier molecular flexibility index (Phi) is 6.20. The summed E-state index contributed by atoms with van der Waals surface area (Å²) in [7, 11) is -3.52. The summed E-state index contributed by atoms with van der Waals surface area (Å²) in [6.45, 7) is 3.06. The van der Waals surface area contributed by atoms with E-state index in [9.17, 15) is 22.0 Å². The molecule has 1 amide bonds. The van der Waals surface area contributed by atoms with Crippen molar-refractivity contribution in [3.05, 3.63) is 53.9 Å². The molecule has 0 radical (unpaired) electrons. The van der Waals surface area contributed by atoms with Crippen LogP contribution in [0.1, 0.15) is 25.8 Å². The number of sulfone groups is 1. The van der Waals surface area contributed by atoms with Gasteiger partial charge in [0.2, 0.25) is 5.91 Å². The number of amides is 1. The Labute approximate surface area is 171 Å². The smallest absolute Gasteiger partial charge is 0.222 e. The third-order valence-corrected chi connectivity index (χ3v) is 5.90. The number of hydrogen-bond acceptors (Lipinski definition) is 6. The van der Waals surface area contributed by atoms with Gasteiger partial charge in [-0.3, -0.25) is 4.79 Å². The summed E-state index contributed by atoms with van der Waals surface area (Å²) in [4.78, 5) is 15.1. The van der Waals surface area contributed by atoms with Crippen LogP contribution < -0.4 is 5.32 Å². The van der Waals surface area contributed by atoms with Gasteiger partial charge in [0.05, 0.1) is 17.7 Å². The number of carbonyl (C=O) groups excluding carboxylic acids is 1. The van der Waals surface area contributed by atoms with Crippen molar-refractivity contribution >= 4 is 21.6 Å². The van der Waals surface area contributed by atoms with E-state index in [4.69, 9.17) is 0 Å². The van der Waals surface area contributed by atoms with Crippen LogP contribution in [0, 0.1) is 11.6 Å². The third-order valence-electron chi connectivity index (χ3n) is 4.12. The van der Waals surface area contributed by atoms with Crippen molar-refractivity contribution in [2.75, 3.05) is 11.1 Å². The summed E-state index contributed by atoms with van der Waals surface area (Å²) < 4.78 is 54.3. The quantitative estimate of drug-likeness (QED) is 0.612. The Bertz CT molecular complexity index is 1180. The Hall–Kier alpha value is -3.21. The Balaban J connectivity index is 1.93. The fourth-order valence-corrected chi connectivity index (χ4v) is 4.29. The zero-order valence-electron chi connectivity index (χ0n) is 16.3. The highest BCUT2D eigenvalue weighted by Crippen LogP contribution is 2.24. The van der Waals surface area contributed by atoms with E-state index in [1.54, 1.807) is 19.1 Å². The molecule has 2 aromatic heterocycles. The first-order valence-corrected chi connectivity index (χ1v) is 10.9. The van der Waals surface area contributed by atoms with Gasteiger partial charge in [0.15, 0.2) is 21.5 Å². The molecule has 1 N–H and O–H groups in total. The van der Waals surface area contributed by atoms with E-state index in [0.29, 0.717) is 23.5 Å². The van der Waals surface area contributed by atoms with E-state index in [1.807, 2.05) is 0 Å². The highest BCUT2D eigenvalue weighted by atomic mass is 32.2. The van der Waals surface area contributed by atoms with Crippen molar-refractivity contribution in [2.45, 2.75) is 26.0 Å². The second-order valence-electron chi connectivity index (χ2n) is 6.62. The maximum Gasteiger partial charge on any atom is 0.222 e. The van der Waals surface area contributed by atoms with Gasteiger partial charge in [-0.1, -0.05) is 18.2 Å². The predicted molar refractivity (Wildman–Crippen MR) is 107 cm³/mol. The SMILES string of the molecule is CCCS(=O)(=O)Cc1ccc(F)c(-n2cc(-c3ccc(NC(C)=O)nc3)nn2)c1F. The molecule has 30 heavy (non-hydrogen) atoms. The highest BCUT2D eigenvalue weighted by Gasteiger charge is 2.21. The van der Waals surface area contributed by atoms with Gasteiger partial charge in [-0.2, -0.15) is 0 Å². The minimum Gasteiger partial charge on any atom is -0.311 e. The summed E-state index contributed by atoms with van der Waals surface area (Å²) in [6, 6.07) is 5.29. The molecular weight excluding hydrogens is 416 g/mol. The van der Waals surface area contributed by atoms with Crippen molar-refractivity contribution < 1.29 is 22.0 Å². The molecule has 0 saturated carbocycles. The molecule has 3 aromatic rings. The number of anilines is 1. The van der Waals surface area contributed by atoms with Crippen LogP contribution in [0.15, 0.2) is 36.7 Å². The van der Waals surface area contributed by atoms with Crippen LogP contribution >= 0.6 is 0 Å². The number of aromatic nitrogens is 4. The van der Waals surface area contributed by atoms with Crippen LogP contribution in [-0.2, 0) is 20.4 Å². The van der Waals surface area contributed by atoms with E-state index in [0.717, 1.165) is 16.8 Å². The fraction of sp³-hybridized carbons (Fsp3) is 0.263. The summed E-state index contributed by atoms with van der Waals surface area (Å²) in [5, 5.41) is 10.2. The third kappa shape index (κ3) is 4.85. The molecule has 2 heterocycles. The van der Waals surface area contributed by atoms with Crippen LogP contribution in [0.25, 0.3) is 16.9 Å². The monoisotopic (exact) mass is 435 g/mol. The van der Waals surface area contributed by atoms with Gasteiger partial charge in [-0.05, 0) is 24.6 Å². The first-order valence-electron chi connectivity index (χ1n) is 9.04. The van der Waals surface area contributed by atoms with Crippen LogP contribution in [0.5, 0.6) is 0 Å². The van der Waals surface area contributed by atoms with Gasteiger partial charge in [-0.15, -0.1) is 5.10 Å². The number of hydrogen-bond donors (Lipinski definition) is 1. The maximum atomic E-state index is 14.9. The molecule has 0 unspecified atom stereocenters. The maximum absolute atomic E-state index is 14.9. The number of rotatable bonds is 7. The van der Waals surface area contributed by atoms with E-state index < -0.39 is 32.9 Å². The largest absolute Gasteiger partial charge is 0.311 e. The lowest BCUT2D eigenvalue weighted by molar-refractivity contribution is -0.114. The second kappa shape index (κ2) is 8.66. The van der Waals surface area contributed by atoms with Crippen molar-refractivity contribution in [3.63, 3.8) is 0 Å². The van der Waals surface area contributed by atoms with E-state index in [2.05, 4.69) is 20.6 Å². The molecule has 0 bridgehead atoms. The fourth-order valence-electron chi connectivity index (χ4n) is 2.83. The predicted octanol–water partition coefficient (Wildman–Crippen LogP) is 2.89. The topological polar surface area (TPSA) is 107 Å². The Morgan fingerprint density at radius 3 is 2.60 bits per heavy atom. The van der Waals surface area contributed by atoms with Crippen molar-refractivity contribution in [2.24, 2.45) is 0 Å². The normalized spacial score (nSPS) is 11.5. The molecule has 11 heteroatoms. The number of nitrogens with one attached hydrogen (secondary N) is 1. The molecule has 0 atom stereocenters. The molecule has 0 aliphatic carbocycles. The molecular formula is C19H19F2N5O3S. The number of benzene rings is 1. The molecule has 0 aliphatic heterocycles. The van der Waals surface area contributed by atoms with Gasteiger partial charge in [-0.25, -0.2) is 26.9 Å². The molecule has 158 valence electrons. The lowest BCUT2D eigenvalue weighted by atomic mass is 10.2. The lowest BCUT2D eigenvalue weighted by Gasteiger charge is -2.09. The molecule has 8 nitrogen and oxygen atoms in total. The standard InChI is InChI=1S/C19H19F2N5O3S/c1-3-8-30(28,29)11-14-4-6-15(20)19(18(14)21)26-10-16(24-25-26)13-5-7-17(22-9-13)23-12(2)27/h4-7,9-10H,3,8,11H2,1-2H3,(H,22,23,27). The van der Waals surface area contributed by atoms with Gasteiger partial charge >= 0.3 is 0 Å². The summed E-state index contributed by atoms with van der Waals surface area (Å²) >= 11 is 0. The number of nitrogens with zero attached hydrogens (tertiary/aromatic N) is 4. The molecule has 1 aromatic carbocycles. The first kappa shape index (κ1) is 21.5. The van der Waals surface area contributed by atoms with Gasteiger partial charge in [0.25, 0.3) is 0 Å². The van der Waals surface area contributed by atoms with Gasteiger partial charge in [0.1, 0.15) is 17.2 Å². The van der Waals surface area contributed by atoms with E-state index >= 15 is 0 Å². The number of halogens is 2. The molecule has 0 fully saturated rings. The molecule has 0 spiro atoms. The van der Waals surface area contributed by atoms with Crippen LogP contribution in [0.3, 0.4) is 0 Å². The Morgan fingerprint density at radius 1 is 1.20 bits per heavy atom. The zero-order valence-corrected chi connectivity index (χ0v) is 17.1. The first-order chi connectivity index (χ1) is 14.2. The van der Waals surface area contributed by atoms with Crippen molar-refractivity contribution in [3.8, 4) is 16.9 Å². The van der Waals surface area contributed by atoms with Crippen molar-refractivity contribution in [1.82, 2.24) is 20.0 Å². The summed E-state index contributed by atoms with van der Waals surface area (Å²) in [5.41, 5.74) is 0.150. The second-order valence-corrected chi connectivity index (χ2v) is 8.81. The summed E-state index contributed by atoms with van der Waals surface area (Å²) in [6.07, 6.45) is 3.14.